The van der Waals surface area contributed by atoms with Gasteiger partial charge in [-0.2, -0.15) is 0 Å². The normalized spacial score (nSPS) is 10.8. The number of pyridine rings is 1. The van der Waals surface area contributed by atoms with Crippen molar-refractivity contribution in [3.8, 4) is 11.1 Å². The quantitative estimate of drug-likeness (QED) is 0.344. The molecule has 1 aromatic heterocycles. The van der Waals surface area contributed by atoms with Gasteiger partial charge in [-0.15, -0.1) is 0 Å². The molecule has 0 unspecified atom stereocenters. The Kier molecular flexibility index (Phi) is 4.97. The number of hydrogen-bond acceptors (Lipinski definition) is 2. The van der Waals surface area contributed by atoms with Crippen LogP contribution in [0.4, 0.5) is 11.4 Å². The van der Waals surface area contributed by atoms with E-state index in [-0.39, 0.29) is 0 Å². The second-order valence-corrected chi connectivity index (χ2v) is 7.35. The molecule has 2 heteroatoms. The summed E-state index contributed by atoms with van der Waals surface area (Å²) in [5, 5.41) is 4.82. The fraction of sp³-hybridized carbons (Fsp3) is 0.0357. The van der Waals surface area contributed by atoms with Gasteiger partial charge >= 0.3 is 0 Å². The summed E-state index contributed by atoms with van der Waals surface area (Å²) in [4.78, 5) is 5.11. The van der Waals surface area contributed by atoms with E-state index in [1.165, 1.54) is 11.1 Å². The molecule has 0 saturated heterocycles. The molecule has 0 aliphatic heterocycles. The molecule has 0 spiro atoms. The highest BCUT2D eigenvalue weighted by molar-refractivity contribution is 6.02. The summed E-state index contributed by atoms with van der Waals surface area (Å²) >= 11 is 0. The van der Waals surface area contributed by atoms with E-state index >= 15 is 0 Å². The highest BCUT2D eigenvalue weighted by Crippen LogP contribution is 2.39. The second kappa shape index (κ2) is 8.22. The molecule has 5 rings (SSSR count). The van der Waals surface area contributed by atoms with Gasteiger partial charge in [0.2, 0.25) is 0 Å². The van der Waals surface area contributed by atoms with Crippen LogP contribution in [-0.2, 0) is 6.42 Å². The summed E-state index contributed by atoms with van der Waals surface area (Å²) in [5.74, 6) is 0. The van der Waals surface area contributed by atoms with Gasteiger partial charge in [-0.05, 0) is 29.3 Å². The zero-order valence-corrected chi connectivity index (χ0v) is 16.6. The first-order valence-electron chi connectivity index (χ1n) is 10.2. The maximum Gasteiger partial charge on any atom is 0.0726 e. The van der Waals surface area contributed by atoms with Gasteiger partial charge in [0.05, 0.1) is 16.9 Å². The molecule has 1 N–H and O–H groups in total. The molecule has 0 radical (unpaired) electrons. The first-order valence-corrected chi connectivity index (χ1v) is 10.2. The number of aromatic nitrogens is 1. The number of nitrogens with zero attached hydrogens (tertiary/aromatic N) is 1. The van der Waals surface area contributed by atoms with Crippen molar-refractivity contribution >= 4 is 22.3 Å². The van der Waals surface area contributed by atoms with E-state index < -0.39 is 0 Å². The van der Waals surface area contributed by atoms with Gasteiger partial charge in [-0.3, -0.25) is 4.98 Å². The second-order valence-electron chi connectivity index (χ2n) is 7.35. The van der Waals surface area contributed by atoms with Gasteiger partial charge in [0.25, 0.3) is 0 Å². The number of benzene rings is 4. The van der Waals surface area contributed by atoms with Crippen molar-refractivity contribution in [1.82, 2.24) is 4.98 Å². The highest BCUT2D eigenvalue weighted by Gasteiger charge is 2.17. The lowest BCUT2D eigenvalue weighted by Crippen LogP contribution is -2.03. The summed E-state index contributed by atoms with van der Waals surface area (Å²) in [5.41, 5.74) is 7.82. The van der Waals surface area contributed by atoms with E-state index in [0.29, 0.717) is 0 Å². The molecular formula is C28H22N2. The van der Waals surface area contributed by atoms with E-state index in [0.717, 1.165) is 40.0 Å². The van der Waals surface area contributed by atoms with Crippen LogP contribution in [0.1, 0.15) is 11.3 Å². The Hall–Kier alpha value is -3.91. The van der Waals surface area contributed by atoms with Crippen molar-refractivity contribution < 1.29 is 0 Å². The molecule has 30 heavy (non-hydrogen) atoms. The molecule has 0 aliphatic carbocycles. The van der Waals surface area contributed by atoms with Crippen LogP contribution in [0, 0.1) is 0 Å². The van der Waals surface area contributed by atoms with Gasteiger partial charge in [-0.1, -0.05) is 97.1 Å². The minimum atomic E-state index is 0.777. The van der Waals surface area contributed by atoms with Crippen molar-refractivity contribution in [2.45, 2.75) is 6.42 Å². The van der Waals surface area contributed by atoms with Crippen molar-refractivity contribution in [3.05, 3.63) is 127 Å². The van der Waals surface area contributed by atoms with E-state index in [9.17, 15) is 0 Å². The Bertz CT molecular complexity index is 1260. The van der Waals surface area contributed by atoms with Crippen LogP contribution >= 0.6 is 0 Å². The average Bonchev–Trinajstić information content (AvgIpc) is 2.81. The number of hydrogen-bond donors (Lipinski definition) is 1. The maximum absolute atomic E-state index is 5.11. The predicted molar refractivity (Wildman–Crippen MR) is 126 cm³/mol. The SMILES string of the molecule is c1ccc(Cc2nc3ccccc3c(Nc3ccccc3)c2-c2ccccc2)cc1. The van der Waals surface area contributed by atoms with Gasteiger partial charge in [0.15, 0.2) is 0 Å². The summed E-state index contributed by atoms with van der Waals surface area (Å²) < 4.78 is 0. The Morgan fingerprint density at radius 1 is 0.600 bits per heavy atom. The molecule has 0 bridgehead atoms. The Labute approximate surface area is 176 Å². The molecule has 0 fully saturated rings. The van der Waals surface area contributed by atoms with E-state index in [1.54, 1.807) is 0 Å². The fourth-order valence-electron chi connectivity index (χ4n) is 3.89. The first-order chi connectivity index (χ1) is 14.9. The van der Waals surface area contributed by atoms with Crippen molar-refractivity contribution in [1.29, 1.82) is 0 Å². The number of para-hydroxylation sites is 2. The predicted octanol–water partition coefficient (Wildman–Crippen LogP) is 7.24. The lowest BCUT2D eigenvalue weighted by molar-refractivity contribution is 1.10. The number of rotatable bonds is 5. The molecule has 144 valence electrons. The summed E-state index contributed by atoms with van der Waals surface area (Å²) in [6, 6.07) is 39.8. The maximum atomic E-state index is 5.11. The summed E-state index contributed by atoms with van der Waals surface area (Å²) in [6.45, 7) is 0. The van der Waals surface area contributed by atoms with Gasteiger partial charge in [0, 0.05) is 23.1 Å². The van der Waals surface area contributed by atoms with Crippen LogP contribution < -0.4 is 5.32 Å². The molecule has 0 aliphatic rings. The molecule has 4 aromatic carbocycles. The monoisotopic (exact) mass is 386 g/mol. The molecule has 0 atom stereocenters. The average molecular weight is 386 g/mol. The Balaban J connectivity index is 1.77. The third-order valence-electron chi connectivity index (χ3n) is 5.29. The summed E-state index contributed by atoms with van der Waals surface area (Å²) in [6.07, 6.45) is 0.777. The minimum Gasteiger partial charge on any atom is -0.354 e. The molecule has 0 saturated carbocycles. The minimum absolute atomic E-state index is 0.777. The van der Waals surface area contributed by atoms with Crippen LogP contribution in [-0.4, -0.2) is 4.98 Å². The number of fused-ring (bicyclic) bond motifs is 1. The Morgan fingerprint density at radius 3 is 1.93 bits per heavy atom. The molecule has 1 heterocycles. The molecular weight excluding hydrogens is 364 g/mol. The van der Waals surface area contributed by atoms with E-state index in [4.69, 9.17) is 4.98 Å². The van der Waals surface area contributed by atoms with Crippen molar-refractivity contribution in [2.75, 3.05) is 5.32 Å². The van der Waals surface area contributed by atoms with Gasteiger partial charge in [-0.25, -0.2) is 0 Å². The molecule has 2 nitrogen and oxygen atoms in total. The van der Waals surface area contributed by atoms with Crippen LogP contribution in [0.5, 0.6) is 0 Å². The molecule has 5 aromatic rings. The van der Waals surface area contributed by atoms with E-state index in [1.807, 2.05) is 6.07 Å². The number of nitrogens with one attached hydrogen (secondary N) is 1. The third kappa shape index (κ3) is 3.68. The van der Waals surface area contributed by atoms with Crippen LogP contribution in [0.3, 0.4) is 0 Å². The zero-order chi connectivity index (χ0) is 20.2. The zero-order valence-electron chi connectivity index (χ0n) is 16.6. The first kappa shape index (κ1) is 18.1. The smallest absolute Gasteiger partial charge is 0.0726 e. The lowest BCUT2D eigenvalue weighted by Gasteiger charge is -2.19. The van der Waals surface area contributed by atoms with Gasteiger partial charge in [0.1, 0.15) is 0 Å². The third-order valence-corrected chi connectivity index (χ3v) is 5.29. The number of anilines is 2. The topological polar surface area (TPSA) is 24.9 Å². The molecule has 0 amide bonds. The van der Waals surface area contributed by atoms with Crippen LogP contribution in [0.25, 0.3) is 22.0 Å². The van der Waals surface area contributed by atoms with Crippen molar-refractivity contribution in [3.63, 3.8) is 0 Å². The Morgan fingerprint density at radius 2 is 1.20 bits per heavy atom. The van der Waals surface area contributed by atoms with Crippen molar-refractivity contribution in [2.24, 2.45) is 0 Å². The summed E-state index contributed by atoms with van der Waals surface area (Å²) in [7, 11) is 0. The van der Waals surface area contributed by atoms with Crippen LogP contribution in [0.15, 0.2) is 115 Å². The fourth-order valence-corrected chi connectivity index (χ4v) is 3.89. The highest BCUT2D eigenvalue weighted by atomic mass is 14.9. The van der Waals surface area contributed by atoms with E-state index in [2.05, 4.69) is 115 Å². The lowest BCUT2D eigenvalue weighted by atomic mass is 9.95. The van der Waals surface area contributed by atoms with Crippen LogP contribution in [0.2, 0.25) is 0 Å². The largest absolute Gasteiger partial charge is 0.354 e. The van der Waals surface area contributed by atoms with Gasteiger partial charge < -0.3 is 5.32 Å². The standard InChI is InChI=1S/C28H22N2/c1-4-12-21(13-5-1)20-26-27(22-14-6-2-7-15-22)28(29-23-16-8-3-9-17-23)24-18-10-11-19-25(24)30-26/h1-19H,20H2,(H,29,30).